The van der Waals surface area contributed by atoms with Gasteiger partial charge in [0, 0.05) is 11.8 Å². The van der Waals surface area contributed by atoms with Crippen molar-refractivity contribution >= 4 is 0 Å². The first-order chi connectivity index (χ1) is 6.79. The van der Waals surface area contributed by atoms with E-state index in [0.29, 0.717) is 0 Å². The van der Waals surface area contributed by atoms with Gasteiger partial charge >= 0.3 is 0 Å². The highest BCUT2D eigenvalue weighted by Gasteiger charge is 2.01. The molecule has 0 aliphatic heterocycles. The van der Waals surface area contributed by atoms with E-state index in [-0.39, 0.29) is 6.61 Å². The highest BCUT2D eigenvalue weighted by Crippen LogP contribution is 2.18. The van der Waals surface area contributed by atoms with Crippen LogP contribution in [0.4, 0.5) is 0 Å². The molecule has 1 aromatic carbocycles. The fourth-order valence-electron chi connectivity index (χ4n) is 1.39. The summed E-state index contributed by atoms with van der Waals surface area (Å²) in [6, 6.07) is 7.73. The van der Waals surface area contributed by atoms with Gasteiger partial charge in [-0.25, -0.2) is 4.98 Å². The lowest BCUT2D eigenvalue weighted by atomic mass is 10.1. The molecule has 3 nitrogen and oxygen atoms in total. The van der Waals surface area contributed by atoms with E-state index in [4.69, 9.17) is 5.11 Å². The topological polar surface area (TPSA) is 48.9 Å². The second kappa shape index (κ2) is 3.64. The number of aliphatic hydroxyl groups excluding tert-OH is 1. The Morgan fingerprint density at radius 1 is 1.43 bits per heavy atom. The number of aromatic amines is 1. The molecule has 14 heavy (non-hydrogen) atoms. The number of aliphatic hydroxyl groups is 1. The predicted octanol–water partition coefficient (Wildman–Crippen LogP) is 1.88. The maximum absolute atomic E-state index is 8.99. The molecule has 1 heterocycles. The SMILES string of the molecule is Cc1nc(-c2cccc(CO)c2)c[nH]1. The van der Waals surface area contributed by atoms with E-state index < -0.39 is 0 Å². The number of aromatic nitrogens is 2. The van der Waals surface area contributed by atoms with E-state index >= 15 is 0 Å². The van der Waals surface area contributed by atoms with Crippen molar-refractivity contribution in [3.05, 3.63) is 41.9 Å². The monoisotopic (exact) mass is 188 g/mol. The lowest BCUT2D eigenvalue weighted by Crippen LogP contribution is -1.84. The van der Waals surface area contributed by atoms with E-state index in [1.54, 1.807) is 0 Å². The smallest absolute Gasteiger partial charge is 0.103 e. The van der Waals surface area contributed by atoms with Gasteiger partial charge < -0.3 is 10.1 Å². The third-order valence-electron chi connectivity index (χ3n) is 2.11. The van der Waals surface area contributed by atoms with Crippen molar-refractivity contribution in [1.82, 2.24) is 9.97 Å². The zero-order valence-corrected chi connectivity index (χ0v) is 7.99. The second-order valence-electron chi connectivity index (χ2n) is 3.23. The fourth-order valence-corrected chi connectivity index (χ4v) is 1.39. The highest BCUT2D eigenvalue weighted by atomic mass is 16.3. The Morgan fingerprint density at radius 3 is 2.93 bits per heavy atom. The van der Waals surface area contributed by atoms with Crippen LogP contribution in [0.3, 0.4) is 0 Å². The number of aryl methyl sites for hydroxylation is 1. The van der Waals surface area contributed by atoms with Crippen molar-refractivity contribution in [2.75, 3.05) is 0 Å². The van der Waals surface area contributed by atoms with E-state index in [9.17, 15) is 0 Å². The van der Waals surface area contributed by atoms with E-state index in [1.165, 1.54) is 0 Å². The summed E-state index contributed by atoms with van der Waals surface area (Å²) in [6.07, 6.45) is 1.87. The summed E-state index contributed by atoms with van der Waals surface area (Å²) in [6.45, 7) is 1.98. The highest BCUT2D eigenvalue weighted by molar-refractivity contribution is 5.59. The Hall–Kier alpha value is -1.61. The van der Waals surface area contributed by atoms with Crippen molar-refractivity contribution in [3.8, 4) is 11.3 Å². The normalized spacial score (nSPS) is 10.4. The molecule has 1 aromatic heterocycles. The first kappa shape index (κ1) is 8.97. The number of hydrogen-bond donors (Lipinski definition) is 2. The van der Waals surface area contributed by atoms with Crippen LogP contribution in [0, 0.1) is 6.92 Å². The van der Waals surface area contributed by atoms with Gasteiger partial charge in [0.25, 0.3) is 0 Å². The Bertz CT molecular complexity index is 434. The van der Waals surface area contributed by atoms with Crippen LogP contribution >= 0.6 is 0 Å². The van der Waals surface area contributed by atoms with Gasteiger partial charge in [-0.15, -0.1) is 0 Å². The van der Waals surface area contributed by atoms with Gasteiger partial charge in [0.2, 0.25) is 0 Å². The first-order valence-electron chi connectivity index (χ1n) is 4.52. The molecule has 0 saturated carbocycles. The molecule has 72 valence electrons. The number of nitrogens with zero attached hydrogens (tertiary/aromatic N) is 1. The molecule has 0 bridgehead atoms. The molecule has 2 N–H and O–H groups in total. The summed E-state index contributed by atoms with van der Waals surface area (Å²) < 4.78 is 0. The van der Waals surface area contributed by atoms with Crippen LogP contribution in [-0.4, -0.2) is 15.1 Å². The zero-order valence-electron chi connectivity index (χ0n) is 7.99. The van der Waals surface area contributed by atoms with Crippen LogP contribution in [0.2, 0.25) is 0 Å². The van der Waals surface area contributed by atoms with Crippen LogP contribution in [0.5, 0.6) is 0 Å². The molecule has 0 unspecified atom stereocenters. The first-order valence-corrected chi connectivity index (χ1v) is 4.52. The van der Waals surface area contributed by atoms with Gasteiger partial charge in [-0.1, -0.05) is 18.2 Å². The third kappa shape index (κ3) is 1.67. The molecule has 0 spiro atoms. The maximum Gasteiger partial charge on any atom is 0.103 e. The Kier molecular flexibility index (Phi) is 2.33. The summed E-state index contributed by atoms with van der Waals surface area (Å²) >= 11 is 0. The molecule has 0 aliphatic carbocycles. The van der Waals surface area contributed by atoms with Crippen molar-refractivity contribution < 1.29 is 5.11 Å². The minimum Gasteiger partial charge on any atom is -0.392 e. The minimum absolute atomic E-state index is 0.0667. The van der Waals surface area contributed by atoms with Crippen LogP contribution in [0.15, 0.2) is 30.5 Å². The standard InChI is InChI=1S/C11H12N2O/c1-8-12-6-11(13-8)10-4-2-3-9(5-10)7-14/h2-6,14H,7H2,1H3,(H,12,13). The molecule has 0 amide bonds. The molecular weight excluding hydrogens is 176 g/mol. The van der Waals surface area contributed by atoms with Gasteiger partial charge in [-0.2, -0.15) is 0 Å². The molecule has 0 aliphatic rings. The van der Waals surface area contributed by atoms with Crippen molar-refractivity contribution in [1.29, 1.82) is 0 Å². The summed E-state index contributed by atoms with van der Waals surface area (Å²) in [5.41, 5.74) is 2.85. The molecule has 2 aromatic rings. The third-order valence-corrected chi connectivity index (χ3v) is 2.11. The number of hydrogen-bond acceptors (Lipinski definition) is 2. The van der Waals surface area contributed by atoms with Gasteiger partial charge in [-0.3, -0.25) is 0 Å². The average Bonchev–Trinajstić information content (AvgIpc) is 2.65. The lowest BCUT2D eigenvalue weighted by Gasteiger charge is -1.99. The Balaban J connectivity index is 2.41. The van der Waals surface area contributed by atoms with Gasteiger partial charge in [0.05, 0.1) is 12.3 Å². The number of imidazole rings is 1. The molecule has 0 atom stereocenters. The fraction of sp³-hybridized carbons (Fsp3) is 0.182. The van der Waals surface area contributed by atoms with E-state index in [0.717, 1.165) is 22.6 Å². The molecule has 0 fully saturated rings. The maximum atomic E-state index is 8.99. The van der Waals surface area contributed by atoms with Crippen molar-refractivity contribution in [2.24, 2.45) is 0 Å². The number of rotatable bonds is 2. The number of nitrogens with one attached hydrogen (secondary N) is 1. The van der Waals surface area contributed by atoms with Crippen LogP contribution in [0.25, 0.3) is 11.3 Å². The minimum atomic E-state index is 0.0667. The average molecular weight is 188 g/mol. The quantitative estimate of drug-likeness (QED) is 0.756. The van der Waals surface area contributed by atoms with Crippen molar-refractivity contribution in [2.45, 2.75) is 13.5 Å². The molecule has 3 heteroatoms. The summed E-state index contributed by atoms with van der Waals surface area (Å²) in [7, 11) is 0. The number of benzene rings is 1. The van der Waals surface area contributed by atoms with Crippen LogP contribution in [0.1, 0.15) is 11.4 Å². The van der Waals surface area contributed by atoms with Gasteiger partial charge in [0.1, 0.15) is 5.82 Å². The number of H-pyrrole nitrogens is 1. The summed E-state index contributed by atoms with van der Waals surface area (Å²) in [4.78, 5) is 7.35. The lowest BCUT2D eigenvalue weighted by molar-refractivity contribution is 0.282. The van der Waals surface area contributed by atoms with Crippen LogP contribution in [-0.2, 0) is 6.61 Å². The second-order valence-corrected chi connectivity index (χ2v) is 3.23. The largest absolute Gasteiger partial charge is 0.392 e. The van der Waals surface area contributed by atoms with E-state index in [2.05, 4.69) is 9.97 Å². The molecule has 0 saturated heterocycles. The van der Waals surface area contributed by atoms with Crippen molar-refractivity contribution in [3.63, 3.8) is 0 Å². The molecule has 0 radical (unpaired) electrons. The van der Waals surface area contributed by atoms with Gasteiger partial charge in [0.15, 0.2) is 0 Å². The summed E-state index contributed by atoms with van der Waals surface area (Å²) in [5, 5.41) is 8.99. The summed E-state index contributed by atoms with van der Waals surface area (Å²) in [5.74, 6) is 0.898. The Morgan fingerprint density at radius 2 is 2.29 bits per heavy atom. The van der Waals surface area contributed by atoms with E-state index in [1.807, 2.05) is 37.4 Å². The van der Waals surface area contributed by atoms with Gasteiger partial charge in [-0.05, 0) is 18.6 Å². The Labute approximate surface area is 82.4 Å². The van der Waals surface area contributed by atoms with Crippen LogP contribution < -0.4 is 0 Å². The predicted molar refractivity (Wildman–Crippen MR) is 54.7 cm³/mol. The zero-order chi connectivity index (χ0) is 9.97. The molecular formula is C11H12N2O. The molecule has 2 rings (SSSR count).